The fraction of sp³-hybridized carbons (Fsp3) is 0.611. The maximum absolute atomic E-state index is 12.8. The largest absolute Gasteiger partial charge is 0.496 e. The highest BCUT2D eigenvalue weighted by atomic mass is 35.5. The van der Waals surface area contributed by atoms with Crippen LogP contribution in [0.15, 0.2) is 18.2 Å². The van der Waals surface area contributed by atoms with Crippen LogP contribution < -0.4 is 4.74 Å². The van der Waals surface area contributed by atoms with Crippen LogP contribution in [-0.2, 0) is 0 Å². The lowest BCUT2D eigenvalue weighted by molar-refractivity contribution is 0.0240. The van der Waals surface area contributed by atoms with Crippen LogP contribution in [0.3, 0.4) is 0 Å². The number of nitrogens with zero attached hydrogens (tertiary/aromatic N) is 2. The van der Waals surface area contributed by atoms with E-state index < -0.39 is 0 Å². The maximum Gasteiger partial charge on any atom is 0.257 e. The Morgan fingerprint density at radius 3 is 2.67 bits per heavy atom. The second-order valence-electron chi connectivity index (χ2n) is 6.66. The van der Waals surface area contributed by atoms with Crippen molar-refractivity contribution in [1.29, 1.82) is 0 Å². The van der Waals surface area contributed by atoms with Crippen LogP contribution >= 0.6 is 11.6 Å². The van der Waals surface area contributed by atoms with Gasteiger partial charge in [0.15, 0.2) is 0 Å². The van der Waals surface area contributed by atoms with E-state index in [4.69, 9.17) is 16.3 Å². The Morgan fingerprint density at radius 2 is 2.00 bits per heavy atom. The molecule has 2 aliphatic rings. The molecule has 5 nitrogen and oxygen atoms in total. The number of hydrogen-bond acceptors (Lipinski definition) is 4. The number of methoxy groups -OCH3 is 1. The summed E-state index contributed by atoms with van der Waals surface area (Å²) in [6, 6.07) is 5.60. The average molecular weight is 353 g/mol. The maximum atomic E-state index is 12.8. The van der Waals surface area contributed by atoms with E-state index in [0.29, 0.717) is 22.4 Å². The van der Waals surface area contributed by atoms with Gasteiger partial charge in [-0.2, -0.15) is 0 Å². The van der Waals surface area contributed by atoms with Crippen molar-refractivity contribution in [1.82, 2.24) is 9.80 Å². The lowest BCUT2D eigenvalue weighted by Gasteiger charge is -2.41. The average Bonchev–Trinajstić information content (AvgIpc) is 2.61. The molecule has 6 heteroatoms. The Kier molecular flexibility index (Phi) is 5.64. The van der Waals surface area contributed by atoms with E-state index in [0.717, 1.165) is 51.9 Å². The van der Waals surface area contributed by atoms with Gasteiger partial charge in [0.1, 0.15) is 5.75 Å². The normalized spacial score (nSPS) is 23.3. The molecule has 1 aromatic carbocycles. The van der Waals surface area contributed by atoms with Crippen LogP contribution in [0.4, 0.5) is 0 Å². The van der Waals surface area contributed by atoms with E-state index in [2.05, 4.69) is 4.90 Å². The Bertz CT molecular complexity index is 588. The number of aliphatic hydroxyl groups is 1. The van der Waals surface area contributed by atoms with Crippen molar-refractivity contribution in [3.8, 4) is 5.75 Å². The van der Waals surface area contributed by atoms with Gasteiger partial charge in [-0.15, -0.1) is 0 Å². The molecule has 2 heterocycles. The number of piperidine rings is 2. The summed E-state index contributed by atoms with van der Waals surface area (Å²) in [5, 5.41) is 10.4. The summed E-state index contributed by atoms with van der Waals surface area (Å²) in [6.45, 7) is 3.30. The number of hydrogen-bond donors (Lipinski definition) is 1. The molecular formula is C18H25ClN2O3. The van der Waals surface area contributed by atoms with Gasteiger partial charge in [-0.3, -0.25) is 9.69 Å². The minimum atomic E-state index is -0.197. The predicted octanol–water partition coefficient (Wildman–Crippen LogP) is 2.41. The number of halogens is 1. The highest BCUT2D eigenvalue weighted by Crippen LogP contribution is 2.27. The van der Waals surface area contributed by atoms with Crippen molar-refractivity contribution in [3.05, 3.63) is 28.8 Å². The second-order valence-corrected chi connectivity index (χ2v) is 7.10. The van der Waals surface area contributed by atoms with E-state index in [1.807, 2.05) is 4.90 Å². The summed E-state index contributed by atoms with van der Waals surface area (Å²) >= 11 is 5.97. The number of rotatable bonds is 3. The smallest absolute Gasteiger partial charge is 0.257 e. The zero-order valence-corrected chi connectivity index (χ0v) is 14.8. The van der Waals surface area contributed by atoms with E-state index in [9.17, 15) is 9.90 Å². The van der Waals surface area contributed by atoms with Crippen LogP contribution in [0.5, 0.6) is 5.75 Å². The van der Waals surface area contributed by atoms with Gasteiger partial charge in [-0.25, -0.2) is 0 Å². The molecule has 2 aliphatic heterocycles. The molecule has 24 heavy (non-hydrogen) atoms. The third kappa shape index (κ3) is 3.85. The lowest BCUT2D eigenvalue weighted by Crippen LogP contribution is -2.50. The minimum Gasteiger partial charge on any atom is -0.496 e. The number of amides is 1. The number of β-amino-alcohol motifs (C(OH)–C–C–N with tert-alkyl or cyclic N) is 1. The van der Waals surface area contributed by atoms with Gasteiger partial charge in [0.05, 0.1) is 18.8 Å². The van der Waals surface area contributed by atoms with E-state index >= 15 is 0 Å². The van der Waals surface area contributed by atoms with Gasteiger partial charge >= 0.3 is 0 Å². The standard InChI is InChI=1S/C18H25ClN2O3/c1-24-17-11-13(19)4-5-16(17)18(23)20-9-6-14(7-10-20)21-8-2-3-15(22)12-21/h4-5,11,14-15,22H,2-3,6-10,12H2,1H3/t15-/m1/s1. The molecule has 0 aromatic heterocycles. The Morgan fingerprint density at radius 1 is 1.25 bits per heavy atom. The molecule has 1 atom stereocenters. The highest BCUT2D eigenvalue weighted by molar-refractivity contribution is 6.30. The first kappa shape index (κ1) is 17.5. The van der Waals surface area contributed by atoms with Crippen molar-refractivity contribution in [2.24, 2.45) is 0 Å². The Balaban J connectivity index is 1.61. The first-order valence-electron chi connectivity index (χ1n) is 8.63. The molecule has 0 aliphatic carbocycles. The number of likely N-dealkylation sites (tertiary alicyclic amines) is 2. The van der Waals surface area contributed by atoms with Gasteiger partial charge in [0.2, 0.25) is 0 Å². The van der Waals surface area contributed by atoms with Crippen LogP contribution in [0.1, 0.15) is 36.0 Å². The number of benzene rings is 1. The summed E-state index contributed by atoms with van der Waals surface area (Å²) in [6.07, 6.45) is 3.67. The van der Waals surface area contributed by atoms with Crippen molar-refractivity contribution in [3.63, 3.8) is 0 Å². The van der Waals surface area contributed by atoms with E-state index in [1.54, 1.807) is 25.3 Å². The predicted molar refractivity (Wildman–Crippen MR) is 93.7 cm³/mol. The monoisotopic (exact) mass is 352 g/mol. The summed E-state index contributed by atoms with van der Waals surface area (Å²) in [7, 11) is 1.55. The molecule has 1 amide bonds. The summed E-state index contributed by atoms with van der Waals surface area (Å²) in [5.41, 5.74) is 0.564. The molecule has 3 rings (SSSR count). The summed E-state index contributed by atoms with van der Waals surface area (Å²) < 4.78 is 5.30. The van der Waals surface area contributed by atoms with E-state index in [-0.39, 0.29) is 12.0 Å². The van der Waals surface area contributed by atoms with Gasteiger partial charge in [0, 0.05) is 30.7 Å². The molecule has 0 radical (unpaired) electrons. The molecule has 2 saturated heterocycles. The highest BCUT2D eigenvalue weighted by Gasteiger charge is 2.30. The number of aliphatic hydroxyl groups excluding tert-OH is 1. The van der Waals surface area contributed by atoms with Gasteiger partial charge in [0.25, 0.3) is 5.91 Å². The molecule has 2 fully saturated rings. The van der Waals surface area contributed by atoms with Gasteiger partial charge in [-0.05, 0) is 50.4 Å². The third-order valence-corrected chi connectivity index (χ3v) is 5.33. The van der Waals surface area contributed by atoms with Crippen molar-refractivity contribution < 1.29 is 14.6 Å². The fourth-order valence-electron chi connectivity index (χ4n) is 3.76. The first-order valence-corrected chi connectivity index (χ1v) is 9.01. The number of carbonyl (C=O) groups excluding carboxylic acids is 1. The first-order chi connectivity index (χ1) is 11.6. The molecule has 0 spiro atoms. The molecule has 1 aromatic rings. The van der Waals surface area contributed by atoms with Gasteiger partial charge in [-0.1, -0.05) is 11.6 Å². The van der Waals surface area contributed by atoms with Gasteiger partial charge < -0.3 is 14.7 Å². The molecule has 132 valence electrons. The Labute approximate surface area is 148 Å². The van der Waals surface area contributed by atoms with E-state index in [1.165, 1.54) is 0 Å². The molecule has 0 saturated carbocycles. The fourth-order valence-corrected chi connectivity index (χ4v) is 3.92. The van der Waals surface area contributed by atoms with Crippen LogP contribution in [0.25, 0.3) is 0 Å². The third-order valence-electron chi connectivity index (χ3n) is 5.09. The zero-order valence-electron chi connectivity index (χ0n) is 14.1. The molecule has 0 bridgehead atoms. The minimum absolute atomic E-state index is 0.000598. The van der Waals surface area contributed by atoms with Crippen molar-refractivity contribution in [2.75, 3.05) is 33.3 Å². The molecular weight excluding hydrogens is 328 g/mol. The summed E-state index contributed by atoms with van der Waals surface area (Å²) in [4.78, 5) is 17.1. The van der Waals surface area contributed by atoms with Crippen molar-refractivity contribution >= 4 is 17.5 Å². The lowest BCUT2D eigenvalue weighted by atomic mass is 9.98. The van der Waals surface area contributed by atoms with Crippen LogP contribution in [-0.4, -0.2) is 66.2 Å². The molecule has 1 N–H and O–H groups in total. The number of ether oxygens (including phenoxy) is 1. The SMILES string of the molecule is COc1cc(Cl)ccc1C(=O)N1CCC(N2CCC[C@@H](O)C2)CC1. The Hall–Kier alpha value is -1.30. The van der Waals surface area contributed by atoms with Crippen molar-refractivity contribution in [2.45, 2.75) is 37.8 Å². The summed E-state index contributed by atoms with van der Waals surface area (Å²) in [5.74, 6) is 0.523. The second kappa shape index (κ2) is 7.72. The molecule has 0 unspecified atom stereocenters. The number of carbonyl (C=O) groups is 1. The zero-order chi connectivity index (χ0) is 17.1. The van der Waals surface area contributed by atoms with Crippen LogP contribution in [0, 0.1) is 0 Å². The quantitative estimate of drug-likeness (QED) is 0.907. The van der Waals surface area contributed by atoms with Crippen LogP contribution in [0.2, 0.25) is 5.02 Å². The topological polar surface area (TPSA) is 53.0 Å².